The van der Waals surface area contributed by atoms with Crippen molar-refractivity contribution in [3.63, 3.8) is 0 Å². The Morgan fingerprint density at radius 1 is 1.17 bits per heavy atom. The predicted molar refractivity (Wildman–Crippen MR) is 128 cm³/mol. The number of amides is 1. The van der Waals surface area contributed by atoms with Crippen molar-refractivity contribution in [3.8, 4) is 5.82 Å². The van der Waals surface area contributed by atoms with Crippen molar-refractivity contribution < 1.29 is 9.18 Å². The molecule has 0 aliphatic heterocycles. The number of carbonyl (C=O) groups is 1. The van der Waals surface area contributed by atoms with Gasteiger partial charge in [0.05, 0.1) is 47.1 Å². The molecule has 1 aliphatic carbocycles. The fourth-order valence-corrected chi connectivity index (χ4v) is 5.17. The molecule has 5 aromatic heterocycles. The Morgan fingerprint density at radius 3 is 2.64 bits per heavy atom. The Balaban J connectivity index is 1.40. The van der Waals surface area contributed by atoms with Crippen molar-refractivity contribution in [2.24, 2.45) is 7.05 Å². The molecule has 1 aliphatic rings. The molecule has 182 valence electrons. The zero-order chi connectivity index (χ0) is 25.2. The van der Waals surface area contributed by atoms with E-state index in [1.54, 1.807) is 30.2 Å². The first-order valence-corrected chi connectivity index (χ1v) is 11.6. The third kappa shape index (κ3) is 3.36. The van der Waals surface area contributed by atoms with Crippen molar-refractivity contribution in [1.29, 1.82) is 0 Å². The van der Waals surface area contributed by atoms with Gasteiger partial charge in [-0.25, -0.2) is 14.5 Å². The summed E-state index contributed by atoms with van der Waals surface area (Å²) in [5, 5.41) is 19.3. The second-order valence-corrected chi connectivity index (χ2v) is 9.52. The molecule has 2 atom stereocenters. The van der Waals surface area contributed by atoms with Crippen molar-refractivity contribution in [3.05, 3.63) is 76.1 Å². The second kappa shape index (κ2) is 8.07. The summed E-state index contributed by atoms with van der Waals surface area (Å²) in [5.41, 5.74) is 1.95. The summed E-state index contributed by atoms with van der Waals surface area (Å²) >= 11 is 12.5. The van der Waals surface area contributed by atoms with E-state index < -0.39 is 17.3 Å². The van der Waals surface area contributed by atoms with Gasteiger partial charge in [0.1, 0.15) is 5.02 Å². The fourth-order valence-electron chi connectivity index (χ4n) is 4.76. The number of halogens is 3. The number of fused-ring (bicyclic) bond motifs is 3. The molecule has 0 radical (unpaired) electrons. The molecule has 5 aromatic rings. The summed E-state index contributed by atoms with van der Waals surface area (Å²) in [6.45, 7) is 1.97. The van der Waals surface area contributed by atoms with E-state index in [0.29, 0.717) is 29.2 Å². The first kappa shape index (κ1) is 22.6. The summed E-state index contributed by atoms with van der Waals surface area (Å²) in [7, 11) is 1.80. The minimum atomic E-state index is -0.827. The van der Waals surface area contributed by atoms with Crippen LogP contribution in [0.1, 0.15) is 36.1 Å². The lowest BCUT2D eigenvalue weighted by Crippen LogP contribution is -2.25. The summed E-state index contributed by atoms with van der Waals surface area (Å²) in [5.74, 6) is -1.42. The number of hydrogen-bond acceptors (Lipinski definition) is 7. The third-order valence-corrected chi connectivity index (χ3v) is 7.05. The van der Waals surface area contributed by atoms with Crippen molar-refractivity contribution in [2.45, 2.75) is 24.7 Å². The van der Waals surface area contributed by atoms with Crippen LogP contribution in [0.15, 0.2) is 43.2 Å². The molecule has 0 bridgehead atoms. The Morgan fingerprint density at radius 2 is 1.94 bits per heavy atom. The molecule has 0 aromatic carbocycles. The van der Waals surface area contributed by atoms with E-state index in [9.17, 15) is 9.18 Å². The first-order chi connectivity index (χ1) is 17.3. The van der Waals surface area contributed by atoms with Crippen LogP contribution in [0.2, 0.25) is 10.0 Å². The third-order valence-electron chi connectivity index (χ3n) is 6.44. The van der Waals surface area contributed by atoms with Crippen LogP contribution in [0.5, 0.6) is 0 Å². The van der Waals surface area contributed by atoms with Gasteiger partial charge < -0.3 is 5.32 Å². The van der Waals surface area contributed by atoms with Crippen LogP contribution in [0.25, 0.3) is 11.5 Å². The highest BCUT2D eigenvalue weighted by Gasteiger charge is 2.48. The lowest BCUT2D eigenvalue weighted by atomic mass is 9.80. The van der Waals surface area contributed by atoms with Crippen molar-refractivity contribution >= 4 is 40.4 Å². The largest absolute Gasteiger partial charge is 0.324 e. The minimum absolute atomic E-state index is 0.174. The number of aryl methyl sites for hydroxylation is 1. The van der Waals surface area contributed by atoms with Crippen LogP contribution < -0.4 is 5.32 Å². The maximum absolute atomic E-state index is 14.3. The topological polar surface area (TPSA) is 121 Å². The van der Waals surface area contributed by atoms with Gasteiger partial charge >= 0.3 is 0 Å². The monoisotopic (exact) mass is 526 g/mol. The fraction of sp³-hybridized carbons (Fsp3) is 0.227. The number of nitrogens with zero attached hydrogens (tertiary/aromatic N) is 9. The Hall–Kier alpha value is -3.90. The zero-order valence-electron chi connectivity index (χ0n) is 18.9. The van der Waals surface area contributed by atoms with E-state index in [-0.39, 0.29) is 21.6 Å². The number of pyridine rings is 1. The molecule has 1 N–H and O–H groups in total. The molecule has 0 spiro atoms. The smallest absolute Gasteiger partial charge is 0.253 e. The maximum Gasteiger partial charge on any atom is 0.253 e. The van der Waals surface area contributed by atoms with E-state index in [0.717, 1.165) is 5.56 Å². The summed E-state index contributed by atoms with van der Waals surface area (Å²) in [4.78, 5) is 23.4. The van der Waals surface area contributed by atoms with Crippen LogP contribution in [-0.4, -0.2) is 50.3 Å². The standard InChI is InChI=1S/C22H17Cl2FN10O/c1-22(11-7-30-33(2)10-11)6-13(14-9-27-20-16(24)18(25)32-34(20)17(14)22)21(36)31-12-5-15(23)19(26-8-12)35-28-3-4-29-35/h3-5,7-10,13H,6H2,1-2H3,(H,31,36)/t13-,22-/m1/s1. The van der Waals surface area contributed by atoms with Crippen LogP contribution in [0.4, 0.5) is 10.1 Å². The molecule has 0 unspecified atom stereocenters. The van der Waals surface area contributed by atoms with E-state index in [1.807, 2.05) is 13.1 Å². The summed E-state index contributed by atoms with van der Waals surface area (Å²) in [6.07, 6.45) is 10.0. The quantitative estimate of drug-likeness (QED) is 0.381. The number of carbonyl (C=O) groups excluding carboxylic acids is 1. The second-order valence-electron chi connectivity index (χ2n) is 8.73. The van der Waals surface area contributed by atoms with Gasteiger partial charge in [0.2, 0.25) is 5.91 Å². The highest BCUT2D eigenvalue weighted by molar-refractivity contribution is 6.33. The van der Waals surface area contributed by atoms with Crippen molar-refractivity contribution in [1.82, 2.24) is 44.4 Å². The van der Waals surface area contributed by atoms with Gasteiger partial charge in [-0.1, -0.05) is 23.2 Å². The molecule has 1 amide bonds. The normalized spacial score (nSPS) is 19.1. The predicted octanol–water partition coefficient (Wildman–Crippen LogP) is 3.32. The number of hydrogen-bond donors (Lipinski definition) is 1. The average Bonchev–Trinajstić information content (AvgIpc) is 3.63. The minimum Gasteiger partial charge on any atom is -0.324 e. The first-order valence-electron chi connectivity index (χ1n) is 10.8. The van der Waals surface area contributed by atoms with Crippen LogP contribution >= 0.6 is 23.2 Å². The molecule has 11 nitrogen and oxygen atoms in total. The van der Waals surface area contributed by atoms with Gasteiger partial charge in [0.15, 0.2) is 11.5 Å². The SMILES string of the molecule is Cn1cc([C@@]2(C)C[C@@H](C(=O)Nc3cnc(-n4nccn4)c(Cl)c3)c3cnc4c(Cl)c(F)nn4c32)cn1. The van der Waals surface area contributed by atoms with Gasteiger partial charge in [-0.15, -0.1) is 9.90 Å². The van der Waals surface area contributed by atoms with E-state index in [1.165, 1.54) is 27.9 Å². The average molecular weight is 527 g/mol. The molecular weight excluding hydrogens is 510 g/mol. The van der Waals surface area contributed by atoms with Gasteiger partial charge in [-0.05, 0) is 19.4 Å². The summed E-state index contributed by atoms with van der Waals surface area (Å²) < 4.78 is 17.4. The number of nitrogens with one attached hydrogen (secondary N) is 1. The Kier molecular flexibility index (Phi) is 5.05. The molecule has 14 heteroatoms. The molecule has 0 saturated heterocycles. The van der Waals surface area contributed by atoms with Gasteiger partial charge in [-0.3, -0.25) is 9.48 Å². The van der Waals surface area contributed by atoms with Gasteiger partial charge in [-0.2, -0.15) is 19.7 Å². The van der Waals surface area contributed by atoms with Crippen molar-refractivity contribution in [2.75, 3.05) is 5.32 Å². The van der Waals surface area contributed by atoms with Crippen LogP contribution in [0.3, 0.4) is 0 Å². The van der Waals surface area contributed by atoms with Crippen LogP contribution in [-0.2, 0) is 17.3 Å². The van der Waals surface area contributed by atoms with Gasteiger partial charge in [0, 0.05) is 36.0 Å². The van der Waals surface area contributed by atoms with Gasteiger partial charge in [0.25, 0.3) is 5.95 Å². The van der Waals surface area contributed by atoms with Crippen LogP contribution in [0, 0.1) is 5.95 Å². The zero-order valence-corrected chi connectivity index (χ0v) is 20.4. The maximum atomic E-state index is 14.3. The number of aromatic nitrogens is 9. The highest BCUT2D eigenvalue weighted by atomic mass is 35.5. The Bertz CT molecular complexity index is 1650. The molecule has 0 saturated carbocycles. The molecule has 6 rings (SSSR count). The van der Waals surface area contributed by atoms with E-state index in [4.69, 9.17) is 23.2 Å². The number of rotatable bonds is 4. The lowest BCUT2D eigenvalue weighted by Gasteiger charge is -2.24. The molecule has 36 heavy (non-hydrogen) atoms. The Labute approximate surface area is 212 Å². The molecule has 5 heterocycles. The summed E-state index contributed by atoms with van der Waals surface area (Å²) in [6, 6.07) is 1.57. The lowest BCUT2D eigenvalue weighted by molar-refractivity contribution is -0.117. The molecule has 0 fully saturated rings. The molecular formula is C22H17Cl2FN10O. The highest BCUT2D eigenvalue weighted by Crippen LogP contribution is 2.50. The van der Waals surface area contributed by atoms with E-state index in [2.05, 4.69) is 35.7 Å². The van der Waals surface area contributed by atoms with E-state index >= 15 is 0 Å². The number of anilines is 1.